The number of hydrogen-bond donors (Lipinski definition) is 2. The summed E-state index contributed by atoms with van der Waals surface area (Å²) in [5.74, 6) is 0.819. The molecule has 27 heavy (non-hydrogen) atoms. The minimum atomic E-state index is -0.363. The molecular formula is C20H24N3O4+. The predicted octanol–water partition coefficient (Wildman–Crippen LogP) is -0.128. The summed E-state index contributed by atoms with van der Waals surface area (Å²) in [4.78, 5) is 27.5. The van der Waals surface area contributed by atoms with Gasteiger partial charge in [-0.1, -0.05) is 0 Å². The molecule has 0 bridgehead atoms. The number of rotatable bonds is 5. The largest absolute Gasteiger partial charge is 0.493 e. The SMILES string of the molecule is O=C(NCC(=O)N1CC[NH+](Cc2ccc3c(c2)CCO3)CC1)c1ccco1. The van der Waals surface area contributed by atoms with Gasteiger partial charge in [-0.15, -0.1) is 0 Å². The molecule has 1 aromatic heterocycles. The van der Waals surface area contributed by atoms with Gasteiger partial charge < -0.3 is 24.3 Å². The van der Waals surface area contributed by atoms with Gasteiger partial charge in [-0.25, -0.2) is 0 Å². The normalized spacial score (nSPS) is 16.7. The standard InChI is InChI=1S/C20H23N3O4/c24-19(13-21-20(25)18-2-1-10-26-18)23-8-6-22(7-9-23)14-15-3-4-17-16(12-15)5-11-27-17/h1-4,10,12H,5-9,11,13-14H2,(H,21,25)/p+1. The van der Waals surface area contributed by atoms with Gasteiger partial charge in [0.2, 0.25) is 5.91 Å². The first-order valence-corrected chi connectivity index (χ1v) is 9.37. The Bertz CT molecular complexity index is 811. The van der Waals surface area contributed by atoms with E-state index in [0.717, 1.165) is 38.4 Å². The molecule has 0 aliphatic carbocycles. The Kier molecular flexibility index (Phi) is 5.11. The monoisotopic (exact) mass is 370 g/mol. The molecule has 4 rings (SSSR count). The summed E-state index contributed by atoms with van der Waals surface area (Å²) in [7, 11) is 0. The van der Waals surface area contributed by atoms with E-state index in [2.05, 4.69) is 23.5 Å². The molecule has 2 aliphatic heterocycles. The topological polar surface area (TPSA) is 76.2 Å². The van der Waals surface area contributed by atoms with Crippen LogP contribution >= 0.6 is 0 Å². The second kappa shape index (κ2) is 7.84. The van der Waals surface area contributed by atoms with Crippen LogP contribution < -0.4 is 15.0 Å². The maximum atomic E-state index is 12.3. The molecule has 2 aliphatic rings. The molecule has 2 aromatic rings. The van der Waals surface area contributed by atoms with Crippen LogP contribution in [0.2, 0.25) is 0 Å². The van der Waals surface area contributed by atoms with E-state index in [-0.39, 0.29) is 24.1 Å². The van der Waals surface area contributed by atoms with Crippen molar-refractivity contribution >= 4 is 11.8 Å². The van der Waals surface area contributed by atoms with Crippen LogP contribution in [0.1, 0.15) is 21.7 Å². The molecule has 2 amide bonds. The van der Waals surface area contributed by atoms with Crippen molar-refractivity contribution in [2.24, 2.45) is 0 Å². The van der Waals surface area contributed by atoms with E-state index in [9.17, 15) is 9.59 Å². The zero-order chi connectivity index (χ0) is 18.6. The number of benzene rings is 1. The van der Waals surface area contributed by atoms with Crippen molar-refractivity contribution in [1.29, 1.82) is 0 Å². The van der Waals surface area contributed by atoms with Crippen LogP contribution in [-0.2, 0) is 17.8 Å². The van der Waals surface area contributed by atoms with Crippen molar-refractivity contribution in [2.75, 3.05) is 39.3 Å². The van der Waals surface area contributed by atoms with Gasteiger partial charge in [0.25, 0.3) is 5.91 Å². The number of nitrogens with zero attached hydrogens (tertiary/aromatic N) is 1. The molecule has 7 nitrogen and oxygen atoms in total. The second-order valence-electron chi connectivity index (χ2n) is 7.01. The molecule has 0 radical (unpaired) electrons. The molecule has 1 saturated heterocycles. The van der Waals surface area contributed by atoms with Crippen molar-refractivity contribution in [2.45, 2.75) is 13.0 Å². The van der Waals surface area contributed by atoms with Crippen molar-refractivity contribution in [3.63, 3.8) is 0 Å². The van der Waals surface area contributed by atoms with E-state index < -0.39 is 0 Å². The van der Waals surface area contributed by atoms with Crippen molar-refractivity contribution in [1.82, 2.24) is 10.2 Å². The molecule has 7 heteroatoms. The van der Waals surface area contributed by atoms with Gasteiger partial charge in [-0.05, 0) is 35.9 Å². The highest BCUT2D eigenvalue weighted by atomic mass is 16.5. The Morgan fingerprint density at radius 2 is 2.04 bits per heavy atom. The molecule has 3 heterocycles. The number of carbonyl (C=O) groups excluding carboxylic acids is 2. The van der Waals surface area contributed by atoms with E-state index >= 15 is 0 Å². The molecule has 1 aromatic carbocycles. The fourth-order valence-electron chi connectivity index (χ4n) is 3.65. The fourth-order valence-corrected chi connectivity index (χ4v) is 3.65. The molecule has 1 fully saturated rings. The highest BCUT2D eigenvalue weighted by Gasteiger charge is 2.24. The van der Waals surface area contributed by atoms with Gasteiger partial charge in [0.15, 0.2) is 5.76 Å². The quantitative estimate of drug-likeness (QED) is 0.769. The highest BCUT2D eigenvalue weighted by molar-refractivity contribution is 5.94. The fraction of sp³-hybridized carbons (Fsp3) is 0.400. The van der Waals surface area contributed by atoms with E-state index in [1.165, 1.54) is 22.3 Å². The lowest BCUT2D eigenvalue weighted by Gasteiger charge is -2.32. The first-order valence-electron chi connectivity index (χ1n) is 9.37. The number of amides is 2. The van der Waals surface area contributed by atoms with E-state index in [0.29, 0.717) is 13.1 Å². The number of carbonyl (C=O) groups is 2. The number of quaternary nitrogens is 1. The summed E-state index contributed by atoms with van der Waals surface area (Å²) in [6, 6.07) is 9.67. The van der Waals surface area contributed by atoms with Crippen LogP contribution in [0.5, 0.6) is 5.75 Å². The third kappa shape index (κ3) is 4.14. The van der Waals surface area contributed by atoms with Gasteiger partial charge in [0.05, 0.1) is 45.6 Å². The van der Waals surface area contributed by atoms with Crippen LogP contribution in [0.3, 0.4) is 0 Å². The van der Waals surface area contributed by atoms with Gasteiger partial charge >= 0.3 is 0 Å². The highest BCUT2D eigenvalue weighted by Crippen LogP contribution is 2.25. The molecule has 142 valence electrons. The first-order chi connectivity index (χ1) is 13.2. The lowest BCUT2D eigenvalue weighted by Crippen LogP contribution is -3.13. The van der Waals surface area contributed by atoms with Gasteiger partial charge in [0.1, 0.15) is 12.3 Å². The number of ether oxygens (including phenoxy) is 1. The Morgan fingerprint density at radius 3 is 2.81 bits per heavy atom. The summed E-state index contributed by atoms with van der Waals surface area (Å²) >= 11 is 0. The molecule has 2 N–H and O–H groups in total. The minimum Gasteiger partial charge on any atom is -0.493 e. The van der Waals surface area contributed by atoms with E-state index in [4.69, 9.17) is 9.15 Å². The summed E-state index contributed by atoms with van der Waals surface area (Å²) in [6.07, 6.45) is 2.43. The molecule has 0 atom stereocenters. The smallest absolute Gasteiger partial charge is 0.287 e. The van der Waals surface area contributed by atoms with E-state index in [1.807, 2.05) is 4.90 Å². The van der Waals surface area contributed by atoms with Gasteiger partial charge in [0, 0.05) is 12.0 Å². The number of nitrogens with one attached hydrogen (secondary N) is 2. The summed E-state index contributed by atoms with van der Waals surface area (Å²) in [6.45, 7) is 4.97. The molecule has 0 unspecified atom stereocenters. The van der Waals surface area contributed by atoms with Crippen molar-refractivity contribution in [3.05, 3.63) is 53.5 Å². The Morgan fingerprint density at radius 1 is 1.19 bits per heavy atom. The Labute approximate surface area is 157 Å². The lowest BCUT2D eigenvalue weighted by molar-refractivity contribution is -0.917. The average molecular weight is 370 g/mol. The maximum Gasteiger partial charge on any atom is 0.287 e. The summed E-state index contributed by atoms with van der Waals surface area (Å²) in [5, 5.41) is 2.61. The van der Waals surface area contributed by atoms with Crippen molar-refractivity contribution in [3.8, 4) is 5.75 Å². The summed E-state index contributed by atoms with van der Waals surface area (Å²) in [5.41, 5.74) is 2.62. The number of fused-ring (bicyclic) bond motifs is 1. The Hall–Kier alpha value is -2.80. The number of piperazine rings is 1. The van der Waals surface area contributed by atoms with Gasteiger partial charge in [-0.3, -0.25) is 9.59 Å². The van der Waals surface area contributed by atoms with Crippen LogP contribution in [0.4, 0.5) is 0 Å². The zero-order valence-electron chi connectivity index (χ0n) is 15.2. The predicted molar refractivity (Wildman–Crippen MR) is 97.7 cm³/mol. The first kappa shape index (κ1) is 17.6. The minimum absolute atomic E-state index is 0.000309. The van der Waals surface area contributed by atoms with Crippen LogP contribution in [0.15, 0.2) is 41.0 Å². The molecular weight excluding hydrogens is 346 g/mol. The number of hydrogen-bond acceptors (Lipinski definition) is 4. The van der Waals surface area contributed by atoms with Crippen LogP contribution in [0.25, 0.3) is 0 Å². The van der Waals surface area contributed by atoms with Crippen molar-refractivity contribution < 1.29 is 23.6 Å². The van der Waals surface area contributed by atoms with Crippen LogP contribution in [-0.4, -0.2) is 56.0 Å². The van der Waals surface area contributed by atoms with Crippen LogP contribution in [0, 0.1) is 0 Å². The third-order valence-corrected chi connectivity index (χ3v) is 5.18. The van der Waals surface area contributed by atoms with E-state index in [1.54, 1.807) is 12.1 Å². The second-order valence-corrected chi connectivity index (χ2v) is 7.01. The van der Waals surface area contributed by atoms with Gasteiger partial charge in [-0.2, -0.15) is 0 Å². The summed E-state index contributed by atoms with van der Waals surface area (Å²) < 4.78 is 10.6. The molecule has 0 saturated carbocycles. The number of furan rings is 1. The average Bonchev–Trinajstić information content (AvgIpc) is 3.38. The third-order valence-electron chi connectivity index (χ3n) is 5.18. The lowest BCUT2D eigenvalue weighted by atomic mass is 10.1. The molecule has 0 spiro atoms. The zero-order valence-corrected chi connectivity index (χ0v) is 15.2. The maximum absolute atomic E-state index is 12.3. The Balaban J connectivity index is 1.22.